The van der Waals surface area contributed by atoms with Gasteiger partial charge >= 0.3 is 0 Å². The molecule has 2 N–H and O–H groups in total. The maximum atomic E-state index is 12.1. The summed E-state index contributed by atoms with van der Waals surface area (Å²) in [5.74, 6) is -0.288. The fourth-order valence-electron chi connectivity index (χ4n) is 1.93. The van der Waals surface area contributed by atoms with Crippen LogP contribution in [0.2, 0.25) is 5.02 Å². The molecular weight excluding hydrogens is 300 g/mol. The van der Waals surface area contributed by atoms with E-state index in [0.29, 0.717) is 28.4 Å². The first-order chi connectivity index (χ1) is 10.6. The predicted octanol–water partition coefficient (Wildman–Crippen LogP) is 4.33. The Morgan fingerprint density at radius 1 is 0.955 bits per heavy atom. The van der Waals surface area contributed by atoms with Crippen molar-refractivity contribution in [2.75, 3.05) is 10.6 Å². The molecule has 0 radical (unpaired) electrons. The standard InChI is InChI=1S/C17H17ClN2O2/c1-2-5-16(21)19-12-8-10-13(11-9-12)20-17(22)14-6-3-4-7-15(14)18/h3-4,6-11H,2,5H2,1H3,(H,19,21)(H,20,22). The van der Waals surface area contributed by atoms with E-state index in [4.69, 9.17) is 11.6 Å². The zero-order valence-corrected chi connectivity index (χ0v) is 13.0. The molecule has 114 valence electrons. The normalized spacial score (nSPS) is 10.1. The van der Waals surface area contributed by atoms with Crippen LogP contribution in [0.4, 0.5) is 11.4 Å². The van der Waals surface area contributed by atoms with Gasteiger partial charge in [0.15, 0.2) is 0 Å². The van der Waals surface area contributed by atoms with Gasteiger partial charge < -0.3 is 10.6 Å². The average molecular weight is 317 g/mol. The summed E-state index contributed by atoms with van der Waals surface area (Å²) in [6.45, 7) is 1.95. The Hall–Kier alpha value is -2.33. The Balaban J connectivity index is 2.01. The van der Waals surface area contributed by atoms with Crippen molar-refractivity contribution in [3.8, 4) is 0 Å². The maximum Gasteiger partial charge on any atom is 0.257 e. The molecule has 2 aromatic carbocycles. The molecule has 2 rings (SSSR count). The zero-order valence-electron chi connectivity index (χ0n) is 12.2. The van der Waals surface area contributed by atoms with Crippen LogP contribution in [-0.4, -0.2) is 11.8 Å². The monoisotopic (exact) mass is 316 g/mol. The number of halogens is 1. The van der Waals surface area contributed by atoms with E-state index in [1.165, 1.54) is 0 Å². The van der Waals surface area contributed by atoms with Gasteiger partial charge in [-0.3, -0.25) is 9.59 Å². The number of carbonyl (C=O) groups excluding carboxylic acids is 2. The number of hydrogen-bond acceptors (Lipinski definition) is 2. The van der Waals surface area contributed by atoms with Gasteiger partial charge in [-0.15, -0.1) is 0 Å². The summed E-state index contributed by atoms with van der Waals surface area (Å²) in [4.78, 5) is 23.6. The van der Waals surface area contributed by atoms with Gasteiger partial charge in [-0.25, -0.2) is 0 Å². The fourth-order valence-corrected chi connectivity index (χ4v) is 2.15. The van der Waals surface area contributed by atoms with E-state index >= 15 is 0 Å². The molecule has 0 spiro atoms. The Labute approximate surface area is 134 Å². The molecule has 0 heterocycles. The third-order valence-corrected chi connectivity index (χ3v) is 3.35. The molecule has 0 bridgehead atoms. The van der Waals surface area contributed by atoms with Crippen LogP contribution in [0, 0.1) is 0 Å². The minimum Gasteiger partial charge on any atom is -0.326 e. The number of hydrogen-bond donors (Lipinski definition) is 2. The molecule has 0 unspecified atom stereocenters. The topological polar surface area (TPSA) is 58.2 Å². The molecule has 2 aromatic rings. The molecule has 5 heteroatoms. The largest absolute Gasteiger partial charge is 0.326 e. The summed E-state index contributed by atoms with van der Waals surface area (Å²) in [7, 11) is 0. The Bertz CT molecular complexity index is 669. The molecule has 0 fully saturated rings. The number of nitrogens with one attached hydrogen (secondary N) is 2. The van der Waals surface area contributed by atoms with Crippen LogP contribution in [0.15, 0.2) is 48.5 Å². The quantitative estimate of drug-likeness (QED) is 0.862. The summed E-state index contributed by atoms with van der Waals surface area (Å²) in [5.41, 5.74) is 1.76. The molecule has 0 aliphatic rings. The van der Waals surface area contributed by atoms with Crippen LogP contribution in [0.3, 0.4) is 0 Å². The second-order valence-electron chi connectivity index (χ2n) is 4.81. The highest BCUT2D eigenvalue weighted by molar-refractivity contribution is 6.34. The van der Waals surface area contributed by atoms with Gasteiger partial charge in [-0.2, -0.15) is 0 Å². The van der Waals surface area contributed by atoms with Crippen molar-refractivity contribution in [2.24, 2.45) is 0 Å². The third-order valence-electron chi connectivity index (χ3n) is 3.02. The molecule has 0 aliphatic heterocycles. The molecular formula is C17H17ClN2O2. The lowest BCUT2D eigenvalue weighted by Crippen LogP contribution is -2.13. The van der Waals surface area contributed by atoms with Crippen LogP contribution in [-0.2, 0) is 4.79 Å². The van der Waals surface area contributed by atoms with Crippen molar-refractivity contribution in [1.82, 2.24) is 0 Å². The lowest BCUT2D eigenvalue weighted by atomic mass is 10.2. The molecule has 0 saturated heterocycles. The SMILES string of the molecule is CCCC(=O)Nc1ccc(NC(=O)c2ccccc2Cl)cc1. The highest BCUT2D eigenvalue weighted by Crippen LogP contribution is 2.18. The number of carbonyl (C=O) groups is 2. The van der Waals surface area contributed by atoms with E-state index in [2.05, 4.69) is 10.6 Å². The molecule has 0 aromatic heterocycles. The van der Waals surface area contributed by atoms with E-state index in [1.807, 2.05) is 6.92 Å². The minimum absolute atomic E-state index is 0.0182. The van der Waals surface area contributed by atoms with Crippen LogP contribution >= 0.6 is 11.6 Å². The lowest BCUT2D eigenvalue weighted by Gasteiger charge is -2.08. The molecule has 22 heavy (non-hydrogen) atoms. The predicted molar refractivity (Wildman–Crippen MR) is 89.4 cm³/mol. The van der Waals surface area contributed by atoms with E-state index in [1.54, 1.807) is 48.5 Å². The van der Waals surface area contributed by atoms with Crippen molar-refractivity contribution in [3.05, 3.63) is 59.1 Å². The van der Waals surface area contributed by atoms with Gasteiger partial charge in [0.2, 0.25) is 5.91 Å². The summed E-state index contributed by atoms with van der Waals surface area (Å²) in [6.07, 6.45) is 1.29. The Morgan fingerprint density at radius 3 is 2.14 bits per heavy atom. The molecule has 4 nitrogen and oxygen atoms in total. The summed E-state index contributed by atoms with van der Waals surface area (Å²) < 4.78 is 0. The molecule has 2 amide bonds. The summed E-state index contributed by atoms with van der Waals surface area (Å²) in [6, 6.07) is 13.8. The maximum absolute atomic E-state index is 12.1. The number of amides is 2. The van der Waals surface area contributed by atoms with E-state index in [0.717, 1.165) is 6.42 Å². The van der Waals surface area contributed by atoms with Gasteiger partial charge in [0, 0.05) is 17.8 Å². The highest BCUT2D eigenvalue weighted by atomic mass is 35.5. The fraction of sp³-hybridized carbons (Fsp3) is 0.176. The summed E-state index contributed by atoms with van der Waals surface area (Å²) >= 11 is 5.99. The van der Waals surface area contributed by atoms with Gasteiger partial charge in [0.25, 0.3) is 5.91 Å². The lowest BCUT2D eigenvalue weighted by molar-refractivity contribution is -0.116. The number of rotatable bonds is 5. The number of benzene rings is 2. The van der Waals surface area contributed by atoms with Crippen LogP contribution in [0.25, 0.3) is 0 Å². The zero-order chi connectivity index (χ0) is 15.9. The van der Waals surface area contributed by atoms with E-state index < -0.39 is 0 Å². The number of anilines is 2. The Morgan fingerprint density at radius 2 is 1.55 bits per heavy atom. The van der Waals surface area contributed by atoms with Crippen molar-refractivity contribution in [1.29, 1.82) is 0 Å². The smallest absolute Gasteiger partial charge is 0.257 e. The van der Waals surface area contributed by atoms with E-state index in [9.17, 15) is 9.59 Å². The van der Waals surface area contributed by atoms with Crippen molar-refractivity contribution >= 4 is 34.8 Å². The summed E-state index contributed by atoms with van der Waals surface area (Å²) in [5, 5.41) is 5.97. The first-order valence-corrected chi connectivity index (χ1v) is 7.43. The van der Waals surface area contributed by atoms with Crippen molar-refractivity contribution in [2.45, 2.75) is 19.8 Å². The molecule has 0 aliphatic carbocycles. The van der Waals surface area contributed by atoms with Gasteiger partial charge in [0.1, 0.15) is 0 Å². The average Bonchev–Trinajstić information content (AvgIpc) is 2.50. The molecule has 0 saturated carbocycles. The minimum atomic E-state index is -0.270. The van der Waals surface area contributed by atoms with Crippen LogP contribution in [0.5, 0.6) is 0 Å². The third kappa shape index (κ3) is 4.33. The first-order valence-electron chi connectivity index (χ1n) is 7.06. The van der Waals surface area contributed by atoms with Crippen LogP contribution < -0.4 is 10.6 Å². The van der Waals surface area contributed by atoms with Gasteiger partial charge in [0.05, 0.1) is 10.6 Å². The second kappa shape index (κ2) is 7.61. The van der Waals surface area contributed by atoms with Gasteiger partial charge in [-0.1, -0.05) is 30.7 Å². The van der Waals surface area contributed by atoms with Gasteiger partial charge in [-0.05, 0) is 42.8 Å². The van der Waals surface area contributed by atoms with Crippen molar-refractivity contribution in [3.63, 3.8) is 0 Å². The highest BCUT2D eigenvalue weighted by Gasteiger charge is 2.09. The van der Waals surface area contributed by atoms with Crippen LogP contribution in [0.1, 0.15) is 30.1 Å². The Kier molecular flexibility index (Phi) is 5.55. The van der Waals surface area contributed by atoms with Crippen molar-refractivity contribution < 1.29 is 9.59 Å². The second-order valence-corrected chi connectivity index (χ2v) is 5.22. The first kappa shape index (κ1) is 16.0. The van der Waals surface area contributed by atoms with E-state index in [-0.39, 0.29) is 11.8 Å². The molecule has 0 atom stereocenters.